The summed E-state index contributed by atoms with van der Waals surface area (Å²) in [4.78, 5) is 4.77. The molecule has 5 nitrogen and oxygen atoms in total. The van der Waals surface area contributed by atoms with Crippen LogP contribution in [-0.4, -0.2) is 28.3 Å². The summed E-state index contributed by atoms with van der Waals surface area (Å²) in [5, 5.41) is 11.4. The summed E-state index contributed by atoms with van der Waals surface area (Å²) in [7, 11) is 1.98. The van der Waals surface area contributed by atoms with Crippen molar-refractivity contribution in [3.05, 3.63) is 52.8 Å². The normalized spacial score (nSPS) is 19.3. The largest absolute Gasteiger partial charge is 0.357 e. The molecule has 0 bridgehead atoms. The highest BCUT2D eigenvalue weighted by atomic mass is 127. The van der Waals surface area contributed by atoms with E-state index in [-0.39, 0.29) is 24.0 Å². The van der Waals surface area contributed by atoms with Crippen molar-refractivity contribution in [3.63, 3.8) is 0 Å². The van der Waals surface area contributed by atoms with Gasteiger partial charge in [-0.15, -0.1) is 24.0 Å². The minimum atomic E-state index is 0. The molecule has 3 rings (SSSR count). The highest BCUT2D eigenvalue weighted by Crippen LogP contribution is 2.40. The third-order valence-electron chi connectivity index (χ3n) is 4.74. The van der Waals surface area contributed by atoms with Crippen LogP contribution in [0.4, 0.5) is 0 Å². The van der Waals surface area contributed by atoms with Gasteiger partial charge < -0.3 is 10.6 Å². The summed E-state index contributed by atoms with van der Waals surface area (Å²) < 4.78 is 1.92. The van der Waals surface area contributed by atoms with Crippen LogP contribution in [0.5, 0.6) is 0 Å². The molecular weight excluding hydrogens is 425 g/mol. The molecule has 1 aromatic carbocycles. The number of aliphatic imine (C=N–C) groups is 1. The number of guanidine groups is 1. The van der Waals surface area contributed by atoms with E-state index in [0.29, 0.717) is 18.5 Å². The Labute approximate surface area is 167 Å². The SMILES string of the molecule is CCNC(=NCc1c(C)nn(C)c1C)NC1CC1c1ccccc1.I. The van der Waals surface area contributed by atoms with Crippen LogP contribution in [0.2, 0.25) is 0 Å². The molecule has 1 aromatic heterocycles. The second-order valence-electron chi connectivity index (χ2n) is 6.47. The number of hydrogen-bond acceptors (Lipinski definition) is 2. The van der Waals surface area contributed by atoms with Crippen molar-refractivity contribution in [2.75, 3.05) is 6.54 Å². The monoisotopic (exact) mass is 453 g/mol. The van der Waals surface area contributed by atoms with Crippen LogP contribution in [0.1, 0.15) is 41.8 Å². The van der Waals surface area contributed by atoms with E-state index in [9.17, 15) is 0 Å². The number of halogens is 1. The maximum atomic E-state index is 4.77. The van der Waals surface area contributed by atoms with Gasteiger partial charge in [0.1, 0.15) is 0 Å². The summed E-state index contributed by atoms with van der Waals surface area (Å²) in [5.74, 6) is 1.49. The molecule has 25 heavy (non-hydrogen) atoms. The highest BCUT2D eigenvalue weighted by Gasteiger charge is 2.38. The number of nitrogens with zero attached hydrogens (tertiary/aromatic N) is 3. The fourth-order valence-electron chi connectivity index (χ4n) is 3.12. The zero-order chi connectivity index (χ0) is 17.1. The zero-order valence-electron chi connectivity index (χ0n) is 15.4. The molecular formula is C19H28IN5. The van der Waals surface area contributed by atoms with Crippen molar-refractivity contribution in [3.8, 4) is 0 Å². The van der Waals surface area contributed by atoms with Crippen LogP contribution < -0.4 is 10.6 Å². The van der Waals surface area contributed by atoms with E-state index in [1.165, 1.54) is 23.2 Å². The first-order chi connectivity index (χ1) is 11.6. The van der Waals surface area contributed by atoms with Crippen molar-refractivity contribution >= 4 is 29.9 Å². The third-order valence-corrected chi connectivity index (χ3v) is 4.74. The average Bonchev–Trinajstić information content (AvgIpc) is 3.29. The van der Waals surface area contributed by atoms with Crippen molar-refractivity contribution in [2.45, 2.75) is 45.7 Å². The Bertz CT molecular complexity index is 723. The maximum Gasteiger partial charge on any atom is 0.191 e. The third kappa shape index (κ3) is 4.74. The molecule has 1 aliphatic rings. The molecule has 0 saturated heterocycles. The van der Waals surface area contributed by atoms with Crippen LogP contribution in [-0.2, 0) is 13.6 Å². The molecule has 1 aliphatic carbocycles. The predicted molar refractivity (Wildman–Crippen MR) is 114 cm³/mol. The standard InChI is InChI=1S/C19H27N5.HI/c1-5-20-19(21-12-17-13(2)23-24(4)14(17)3)22-18-11-16(18)15-9-7-6-8-10-15;/h6-10,16,18H,5,11-12H2,1-4H3,(H2,20,21,22);1H. The quantitative estimate of drug-likeness (QED) is 0.415. The lowest BCUT2D eigenvalue weighted by atomic mass is 10.1. The molecule has 0 aliphatic heterocycles. The van der Waals surface area contributed by atoms with E-state index in [2.05, 4.69) is 59.9 Å². The number of aromatic nitrogens is 2. The summed E-state index contributed by atoms with van der Waals surface area (Å²) in [6, 6.07) is 11.2. The second kappa shape index (κ2) is 8.69. The minimum absolute atomic E-state index is 0. The van der Waals surface area contributed by atoms with E-state index in [1.54, 1.807) is 0 Å². The molecule has 2 atom stereocenters. The van der Waals surface area contributed by atoms with Gasteiger partial charge in [-0.1, -0.05) is 30.3 Å². The number of benzene rings is 1. The Morgan fingerprint density at radius 1 is 1.28 bits per heavy atom. The molecule has 0 spiro atoms. The molecule has 0 amide bonds. The molecule has 6 heteroatoms. The van der Waals surface area contributed by atoms with E-state index in [4.69, 9.17) is 4.99 Å². The summed E-state index contributed by atoms with van der Waals surface area (Å²) >= 11 is 0. The van der Waals surface area contributed by atoms with Gasteiger partial charge in [-0.2, -0.15) is 5.10 Å². The fourth-order valence-corrected chi connectivity index (χ4v) is 3.12. The molecule has 1 heterocycles. The number of hydrogen-bond donors (Lipinski definition) is 2. The van der Waals surface area contributed by atoms with Gasteiger partial charge in [0.05, 0.1) is 12.2 Å². The molecule has 1 fully saturated rings. The van der Waals surface area contributed by atoms with Gasteiger partial charge in [0.2, 0.25) is 0 Å². The Hall–Kier alpha value is -1.57. The van der Waals surface area contributed by atoms with Crippen LogP contribution in [0.15, 0.2) is 35.3 Å². The summed E-state index contributed by atoms with van der Waals surface area (Å²) in [6.07, 6.45) is 1.17. The van der Waals surface area contributed by atoms with Crippen LogP contribution in [0.25, 0.3) is 0 Å². The van der Waals surface area contributed by atoms with Crippen molar-refractivity contribution in [1.82, 2.24) is 20.4 Å². The van der Waals surface area contributed by atoms with Gasteiger partial charge in [-0.05, 0) is 32.8 Å². The second-order valence-corrected chi connectivity index (χ2v) is 6.47. The Balaban J connectivity index is 0.00000225. The van der Waals surface area contributed by atoms with Gasteiger partial charge in [-0.25, -0.2) is 4.99 Å². The van der Waals surface area contributed by atoms with Gasteiger partial charge >= 0.3 is 0 Å². The average molecular weight is 453 g/mol. The molecule has 2 unspecified atom stereocenters. The minimum Gasteiger partial charge on any atom is -0.357 e. The van der Waals surface area contributed by atoms with Crippen molar-refractivity contribution in [1.29, 1.82) is 0 Å². The van der Waals surface area contributed by atoms with Crippen molar-refractivity contribution in [2.24, 2.45) is 12.0 Å². The summed E-state index contributed by atoms with van der Waals surface area (Å²) in [6.45, 7) is 7.75. The zero-order valence-corrected chi connectivity index (χ0v) is 17.7. The lowest BCUT2D eigenvalue weighted by Gasteiger charge is -2.11. The van der Waals surface area contributed by atoms with E-state index >= 15 is 0 Å². The van der Waals surface area contributed by atoms with Gasteiger partial charge in [-0.3, -0.25) is 4.68 Å². The van der Waals surface area contributed by atoms with Crippen LogP contribution >= 0.6 is 24.0 Å². The molecule has 2 N–H and O–H groups in total. The number of nitrogens with one attached hydrogen (secondary N) is 2. The van der Waals surface area contributed by atoms with Gasteiger partial charge in [0, 0.05) is 36.8 Å². The highest BCUT2D eigenvalue weighted by molar-refractivity contribution is 14.0. The molecule has 0 radical (unpaired) electrons. The molecule has 1 saturated carbocycles. The van der Waals surface area contributed by atoms with Crippen molar-refractivity contribution < 1.29 is 0 Å². The van der Waals surface area contributed by atoms with Crippen LogP contribution in [0.3, 0.4) is 0 Å². The summed E-state index contributed by atoms with van der Waals surface area (Å²) in [5.41, 5.74) is 4.86. The maximum absolute atomic E-state index is 4.77. The first-order valence-corrected chi connectivity index (χ1v) is 8.69. The smallest absolute Gasteiger partial charge is 0.191 e. The first-order valence-electron chi connectivity index (χ1n) is 8.69. The Morgan fingerprint density at radius 3 is 2.60 bits per heavy atom. The lowest BCUT2D eigenvalue weighted by Crippen LogP contribution is -2.39. The Kier molecular flexibility index (Phi) is 6.87. The fraction of sp³-hybridized carbons (Fsp3) is 0.474. The molecule has 2 aromatic rings. The predicted octanol–water partition coefficient (Wildman–Crippen LogP) is 3.27. The lowest BCUT2D eigenvalue weighted by molar-refractivity contribution is 0.729. The first kappa shape index (κ1) is 19.8. The molecule has 136 valence electrons. The van der Waals surface area contributed by atoms with Gasteiger partial charge in [0.25, 0.3) is 0 Å². The van der Waals surface area contributed by atoms with Gasteiger partial charge in [0.15, 0.2) is 5.96 Å². The van der Waals surface area contributed by atoms with Crippen LogP contribution in [0, 0.1) is 13.8 Å². The topological polar surface area (TPSA) is 54.2 Å². The Morgan fingerprint density at radius 2 is 2.00 bits per heavy atom. The number of rotatable bonds is 5. The van der Waals surface area contributed by atoms with E-state index in [0.717, 1.165) is 18.2 Å². The number of aryl methyl sites for hydroxylation is 2. The van der Waals surface area contributed by atoms with E-state index in [1.807, 2.05) is 18.7 Å². The van der Waals surface area contributed by atoms with E-state index < -0.39 is 0 Å².